The van der Waals surface area contributed by atoms with Crippen molar-refractivity contribution in [2.24, 2.45) is 0 Å². The zero-order valence-corrected chi connectivity index (χ0v) is 16.1. The molecule has 1 aliphatic rings. The second-order valence-electron chi connectivity index (χ2n) is 7.26. The lowest BCUT2D eigenvalue weighted by Gasteiger charge is -2.38. The van der Waals surface area contributed by atoms with E-state index in [-0.39, 0.29) is 12.1 Å². The highest BCUT2D eigenvalue weighted by Crippen LogP contribution is 2.34. The van der Waals surface area contributed by atoms with E-state index >= 15 is 0 Å². The van der Waals surface area contributed by atoms with Crippen molar-refractivity contribution < 1.29 is 4.79 Å². The topological polar surface area (TPSA) is 37.3 Å². The molecule has 1 N–H and O–H groups in total. The van der Waals surface area contributed by atoms with Crippen LogP contribution in [0.25, 0.3) is 0 Å². The van der Waals surface area contributed by atoms with E-state index in [1.54, 1.807) is 0 Å². The Morgan fingerprint density at radius 3 is 2.52 bits per heavy atom. The molecular formula is C23H25N3O. The van der Waals surface area contributed by atoms with Crippen LogP contribution in [-0.4, -0.2) is 22.0 Å². The maximum Gasteiger partial charge on any atom is 0.322 e. The zero-order valence-electron chi connectivity index (χ0n) is 16.1. The third kappa shape index (κ3) is 3.12. The number of carbonyl (C=O) groups excluding carboxylic acids is 1. The van der Waals surface area contributed by atoms with Gasteiger partial charge in [-0.25, -0.2) is 4.79 Å². The van der Waals surface area contributed by atoms with Gasteiger partial charge in [0.15, 0.2) is 0 Å². The number of hydrogen-bond donors (Lipinski definition) is 1. The Hall–Kier alpha value is -3.01. The van der Waals surface area contributed by atoms with Crippen molar-refractivity contribution in [3.63, 3.8) is 0 Å². The Labute approximate surface area is 160 Å². The molecule has 0 radical (unpaired) electrons. The molecule has 138 valence electrons. The Morgan fingerprint density at radius 1 is 0.926 bits per heavy atom. The lowest BCUT2D eigenvalue weighted by Crippen LogP contribution is -2.44. The Kier molecular flexibility index (Phi) is 4.48. The molecular weight excluding hydrogens is 334 g/mol. The van der Waals surface area contributed by atoms with Gasteiger partial charge < -0.3 is 14.8 Å². The molecule has 0 bridgehead atoms. The van der Waals surface area contributed by atoms with Crippen LogP contribution in [0, 0.1) is 20.8 Å². The average Bonchev–Trinajstić information content (AvgIpc) is 3.14. The Balaban J connectivity index is 1.71. The smallest absolute Gasteiger partial charge is 0.322 e. The van der Waals surface area contributed by atoms with Crippen LogP contribution in [0.5, 0.6) is 0 Å². The number of aromatic nitrogens is 1. The summed E-state index contributed by atoms with van der Waals surface area (Å²) in [6.07, 6.45) is 2.10. The first-order valence-corrected chi connectivity index (χ1v) is 9.40. The lowest BCUT2D eigenvalue weighted by atomic mass is 9.96. The van der Waals surface area contributed by atoms with Crippen molar-refractivity contribution >= 4 is 11.7 Å². The molecule has 1 aromatic heterocycles. The molecule has 4 heteroatoms. The summed E-state index contributed by atoms with van der Waals surface area (Å²) < 4.78 is 2.25. The van der Waals surface area contributed by atoms with Gasteiger partial charge in [-0.3, -0.25) is 0 Å². The second-order valence-corrected chi connectivity index (χ2v) is 7.26. The van der Waals surface area contributed by atoms with Crippen LogP contribution in [0.2, 0.25) is 0 Å². The van der Waals surface area contributed by atoms with E-state index in [0.717, 1.165) is 23.5 Å². The number of carbonyl (C=O) groups is 1. The lowest BCUT2D eigenvalue weighted by molar-refractivity contribution is 0.181. The molecule has 27 heavy (non-hydrogen) atoms. The molecule has 0 spiro atoms. The molecule has 1 atom stereocenters. The number of fused-ring (bicyclic) bond motifs is 1. The van der Waals surface area contributed by atoms with Gasteiger partial charge in [0, 0.05) is 30.7 Å². The number of aryl methyl sites for hydroxylation is 2. The number of urea groups is 1. The minimum Gasteiger partial charge on any atom is -0.348 e. The number of nitrogens with one attached hydrogen (secondary N) is 1. The molecule has 0 saturated carbocycles. The van der Waals surface area contributed by atoms with Gasteiger partial charge in [0.1, 0.15) is 0 Å². The molecule has 2 amide bonds. The summed E-state index contributed by atoms with van der Waals surface area (Å²) in [6.45, 7) is 7.71. The van der Waals surface area contributed by atoms with Gasteiger partial charge in [0.05, 0.1) is 6.04 Å². The van der Waals surface area contributed by atoms with Gasteiger partial charge in [-0.1, -0.05) is 36.4 Å². The molecule has 0 unspecified atom stereocenters. The number of anilines is 1. The molecule has 4 rings (SSSR count). The minimum atomic E-state index is -0.0833. The maximum absolute atomic E-state index is 13.3. The first-order chi connectivity index (χ1) is 13.1. The third-order valence-corrected chi connectivity index (χ3v) is 5.63. The van der Waals surface area contributed by atoms with Crippen LogP contribution in [0.15, 0.2) is 60.8 Å². The van der Waals surface area contributed by atoms with Gasteiger partial charge in [-0.05, 0) is 61.2 Å². The summed E-state index contributed by atoms with van der Waals surface area (Å²) in [4.78, 5) is 15.2. The summed E-state index contributed by atoms with van der Waals surface area (Å²) in [7, 11) is 0. The van der Waals surface area contributed by atoms with E-state index in [1.165, 1.54) is 16.7 Å². The van der Waals surface area contributed by atoms with E-state index in [2.05, 4.69) is 60.3 Å². The van der Waals surface area contributed by atoms with Crippen molar-refractivity contribution in [3.8, 4) is 0 Å². The number of rotatable bonds is 2. The van der Waals surface area contributed by atoms with Gasteiger partial charge in [-0.15, -0.1) is 0 Å². The van der Waals surface area contributed by atoms with E-state index in [0.29, 0.717) is 6.54 Å². The average molecular weight is 359 g/mol. The number of amides is 2. The van der Waals surface area contributed by atoms with Gasteiger partial charge in [0.2, 0.25) is 0 Å². The summed E-state index contributed by atoms with van der Waals surface area (Å²) >= 11 is 0. The Bertz CT molecular complexity index is 989. The van der Waals surface area contributed by atoms with Crippen LogP contribution in [0.1, 0.15) is 34.0 Å². The molecule has 0 aliphatic carbocycles. The molecule has 0 fully saturated rings. The number of benzene rings is 2. The largest absolute Gasteiger partial charge is 0.348 e. The quantitative estimate of drug-likeness (QED) is 0.683. The summed E-state index contributed by atoms with van der Waals surface area (Å²) in [5.41, 5.74) is 6.69. The van der Waals surface area contributed by atoms with Crippen LogP contribution in [-0.2, 0) is 6.54 Å². The normalized spacial score (nSPS) is 16.1. The summed E-state index contributed by atoms with van der Waals surface area (Å²) in [5.74, 6) is 0. The standard InChI is InChI=1S/C23H25N3O/c1-16-9-6-11-20(18(16)3)24-23(27)26-15-14-25-13-7-12-21(25)22(26)19-10-5-4-8-17(19)2/h4-13,22H,14-15H2,1-3H3,(H,24,27)/t22-/m0/s1. The predicted molar refractivity (Wildman–Crippen MR) is 109 cm³/mol. The Morgan fingerprint density at radius 2 is 1.70 bits per heavy atom. The van der Waals surface area contributed by atoms with E-state index in [1.807, 2.05) is 36.1 Å². The summed E-state index contributed by atoms with van der Waals surface area (Å²) in [6, 6.07) is 18.4. The highest BCUT2D eigenvalue weighted by atomic mass is 16.2. The third-order valence-electron chi connectivity index (χ3n) is 5.63. The van der Waals surface area contributed by atoms with Crippen LogP contribution >= 0.6 is 0 Å². The second kappa shape index (κ2) is 6.95. The molecule has 4 nitrogen and oxygen atoms in total. The van der Waals surface area contributed by atoms with Crippen LogP contribution in [0.3, 0.4) is 0 Å². The molecule has 1 aliphatic heterocycles. The fourth-order valence-electron chi connectivity index (χ4n) is 3.90. The SMILES string of the molecule is Cc1ccccc1[C@H]1c2cccn2CCN1C(=O)Nc1cccc(C)c1C. The molecule has 2 heterocycles. The van der Waals surface area contributed by atoms with Crippen molar-refractivity contribution in [1.29, 1.82) is 0 Å². The first kappa shape index (κ1) is 17.4. The molecule has 3 aromatic rings. The van der Waals surface area contributed by atoms with Crippen molar-refractivity contribution in [2.45, 2.75) is 33.4 Å². The monoisotopic (exact) mass is 359 g/mol. The fourth-order valence-corrected chi connectivity index (χ4v) is 3.90. The van der Waals surface area contributed by atoms with Gasteiger partial charge in [-0.2, -0.15) is 0 Å². The van der Waals surface area contributed by atoms with E-state index in [4.69, 9.17) is 0 Å². The van der Waals surface area contributed by atoms with Gasteiger partial charge in [0.25, 0.3) is 0 Å². The highest BCUT2D eigenvalue weighted by Gasteiger charge is 2.33. The molecule has 2 aromatic carbocycles. The molecule has 0 saturated heterocycles. The fraction of sp³-hybridized carbons (Fsp3) is 0.261. The maximum atomic E-state index is 13.3. The van der Waals surface area contributed by atoms with E-state index < -0.39 is 0 Å². The van der Waals surface area contributed by atoms with Crippen molar-refractivity contribution in [2.75, 3.05) is 11.9 Å². The van der Waals surface area contributed by atoms with Crippen LogP contribution in [0.4, 0.5) is 10.5 Å². The van der Waals surface area contributed by atoms with Crippen molar-refractivity contribution in [1.82, 2.24) is 9.47 Å². The zero-order chi connectivity index (χ0) is 19.0. The van der Waals surface area contributed by atoms with Gasteiger partial charge >= 0.3 is 6.03 Å². The van der Waals surface area contributed by atoms with Crippen LogP contribution < -0.4 is 5.32 Å². The number of nitrogens with zero attached hydrogens (tertiary/aromatic N) is 2. The predicted octanol–water partition coefficient (Wildman–Crippen LogP) is 5.05. The highest BCUT2D eigenvalue weighted by molar-refractivity contribution is 5.91. The minimum absolute atomic E-state index is 0.0515. The number of hydrogen-bond acceptors (Lipinski definition) is 1. The van der Waals surface area contributed by atoms with Crippen molar-refractivity contribution in [3.05, 3.63) is 88.7 Å². The first-order valence-electron chi connectivity index (χ1n) is 9.40. The summed E-state index contributed by atoms with van der Waals surface area (Å²) in [5, 5.41) is 3.14. The van der Waals surface area contributed by atoms with E-state index in [9.17, 15) is 4.79 Å².